The second-order valence-electron chi connectivity index (χ2n) is 7.02. The molecule has 1 fully saturated rings. The summed E-state index contributed by atoms with van der Waals surface area (Å²) in [6.45, 7) is 3.57. The van der Waals surface area contributed by atoms with Crippen molar-refractivity contribution in [3.63, 3.8) is 0 Å². The van der Waals surface area contributed by atoms with E-state index in [9.17, 15) is 4.79 Å². The maximum absolute atomic E-state index is 12.4. The largest absolute Gasteiger partial charge is 0.495 e. The van der Waals surface area contributed by atoms with Crippen molar-refractivity contribution in [1.29, 1.82) is 0 Å². The number of benzene rings is 1. The molecule has 1 saturated heterocycles. The quantitative estimate of drug-likeness (QED) is 0.917. The lowest BCUT2D eigenvalue weighted by atomic mass is 9.97. The molecular formula is C20H26N4O2. The first-order valence-electron chi connectivity index (χ1n) is 9.51. The molecule has 0 atom stereocenters. The van der Waals surface area contributed by atoms with Gasteiger partial charge in [-0.25, -0.2) is 4.98 Å². The molecule has 0 saturated carbocycles. The normalized spacial score (nSPS) is 17.6. The fourth-order valence-corrected chi connectivity index (χ4v) is 4.00. The number of aryl methyl sites for hydroxylation is 1. The van der Waals surface area contributed by atoms with Gasteiger partial charge in [-0.1, -0.05) is 12.1 Å². The van der Waals surface area contributed by atoms with Crippen molar-refractivity contribution in [3.8, 4) is 5.75 Å². The number of methoxy groups -OCH3 is 1. The summed E-state index contributed by atoms with van der Waals surface area (Å²) in [6, 6.07) is 8.14. The van der Waals surface area contributed by atoms with Crippen molar-refractivity contribution < 1.29 is 4.74 Å². The molecule has 138 valence electrons. The molecule has 1 aliphatic heterocycles. The highest BCUT2D eigenvalue weighted by Crippen LogP contribution is 2.28. The van der Waals surface area contributed by atoms with Crippen LogP contribution in [0.3, 0.4) is 0 Å². The van der Waals surface area contributed by atoms with Crippen LogP contribution in [0.1, 0.15) is 30.5 Å². The Morgan fingerprint density at radius 2 is 1.77 bits per heavy atom. The molecule has 0 bridgehead atoms. The number of nitrogens with zero attached hydrogens (tertiary/aromatic N) is 3. The van der Waals surface area contributed by atoms with Crippen molar-refractivity contribution in [2.75, 3.05) is 43.1 Å². The summed E-state index contributed by atoms with van der Waals surface area (Å²) in [5.74, 6) is 1.64. The Labute approximate surface area is 153 Å². The average Bonchev–Trinajstić information content (AvgIpc) is 2.94. The summed E-state index contributed by atoms with van der Waals surface area (Å²) in [4.78, 5) is 24.8. The number of nitrogens with one attached hydrogen (secondary N) is 1. The molecule has 2 aromatic rings. The van der Waals surface area contributed by atoms with E-state index < -0.39 is 0 Å². The summed E-state index contributed by atoms with van der Waals surface area (Å²) in [7, 11) is 1.71. The van der Waals surface area contributed by atoms with E-state index in [1.165, 1.54) is 0 Å². The number of ether oxygens (including phenoxy) is 1. The second-order valence-corrected chi connectivity index (χ2v) is 7.02. The van der Waals surface area contributed by atoms with Crippen LogP contribution < -0.4 is 20.1 Å². The van der Waals surface area contributed by atoms with Gasteiger partial charge in [-0.15, -0.1) is 0 Å². The second kappa shape index (κ2) is 7.40. The van der Waals surface area contributed by atoms with Gasteiger partial charge in [0.05, 0.1) is 18.5 Å². The zero-order valence-electron chi connectivity index (χ0n) is 15.3. The lowest BCUT2D eigenvalue weighted by Gasteiger charge is -2.26. The van der Waals surface area contributed by atoms with Gasteiger partial charge in [-0.3, -0.25) is 9.78 Å². The maximum atomic E-state index is 12.4. The lowest BCUT2D eigenvalue weighted by molar-refractivity contribution is 0.414. The van der Waals surface area contributed by atoms with Gasteiger partial charge in [-0.2, -0.15) is 0 Å². The minimum atomic E-state index is 0.0514. The Hall–Kier alpha value is -2.50. The van der Waals surface area contributed by atoms with Crippen LogP contribution in [0.2, 0.25) is 0 Å². The van der Waals surface area contributed by atoms with Crippen molar-refractivity contribution in [3.05, 3.63) is 45.9 Å². The van der Waals surface area contributed by atoms with Gasteiger partial charge in [0.25, 0.3) is 5.56 Å². The Kier molecular flexibility index (Phi) is 4.82. The maximum Gasteiger partial charge on any atom is 0.255 e. The van der Waals surface area contributed by atoms with Crippen LogP contribution in [0.25, 0.3) is 0 Å². The predicted molar refractivity (Wildman–Crippen MR) is 104 cm³/mol. The number of aromatic nitrogens is 2. The van der Waals surface area contributed by atoms with Crippen LogP contribution in [-0.4, -0.2) is 43.3 Å². The van der Waals surface area contributed by atoms with Gasteiger partial charge in [0.1, 0.15) is 5.75 Å². The fourth-order valence-electron chi connectivity index (χ4n) is 4.00. The molecule has 1 N–H and O–H groups in total. The van der Waals surface area contributed by atoms with Crippen LogP contribution in [0.5, 0.6) is 5.75 Å². The highest BCUT2D eigenvalue weighted by atomic mass is 16.5. The monoisotopic (exact) mass is 354 g/mol. The Morgan fingerprint density at radius 3 is 2.65 bits per heavy atom. The number of H-pyrrole nitrogens is 1. The van der Waals surface area contributed by atoms with Crippen molar-refractivity contribution in [2.24, 2.45) is 0 Å². The number of fused-ring (bicyclic) bond motifs is 1. The van der Waals surface area contributed by atoms with Crippen LogP contribution in [-0.2, 0) is 12.8 Å². The number of hydrogen-bond acceptors (Lipinski definition) is 5. The molecule has 2 heterocycles. The zero-order valence-corrected chi connectivity index (χ0v) is 15.3. The topological polar surface area (TPSA) is 61.5 Å². The number of rotatable bonds is 3. The third-order valence-electron chi connectivity index (χ3n) is 5.40. The van der Waals surface area contributed by atoms with Crippen molar-refractivity contribution in [1.82, 2.24) is 9.97 Å². The Balaban J connectivity index is 1.54. The van der Waals surface area contributed by atoms with E-state index >= 15 is 0 Å². The van der Waals surface area contributed by atoms with Gasteiger partial charge in [0, 0.05) is 31.7 Å². The van der Waals surface area contributed by atoms with E-state index in [0.717, 1.165) is 86.9 Å². The summed E-state index contributed by atoms with van der Waals surface area (Å²) in [5, 5.41) is 0. The van der Waals surface area contributed by atoms with E-state index in [1.807, 2.05) is 18.2 Å². The molecular weight excluding hydrogens is 328 g/mol. The Morgan fingerprint density at radius 1 is 1.00 bits per heavy atom. The van der Waals surface area contributed by atoms with Crippen LogP contribution in [0.15, 0.2) is 29.1 Å². The molecule has 2 aliphatic rings. The number of hydrogen-bond donors (Lipinski definition) is 1. The molecule has 6 nitrogen and oxygen atoms in total. The third kappa shape index (κ3) is 3.28. The molecule has 6 heteroatoms. The summed E-state index contributed by atoms with van der Waals surface area (Å²) < 4.78 is 5.51. The predicted octanol–water partition coefficient (Wildman–Crippen LogP) is 2.37. The molecule has 0 amide bonds. The average molecular weight is 354 g/mol. The van der Waals surface area contributed by atoms with Gasteiger partial charge in [-0.05, 0) is 44.2 Å². The summed E-state index contributed by atoms with van der Waals surface area (Å²) >= 11 is 0. The first-order chi connectivity index (χ1) is 12.8. The Bertz CT molecular complexity index is 833. The summed E-state index contributed by atoms with van der Waals surface area (Å²) in [5.41, 5.74) is 3.07. The van der Waals surface area contributed by atoms with Gasteiger partial charge in [0.2, 0.25) is 5.95 Å². The lowest BCUT2D eigenvalue weighted by Crippen LogP contribution is -2.34. The van der Waals surface area contributed by atoms with Crippen LogP contribution >= 0.6 is 0 Å². The van der Waals surface area contributed by atoms with E-state index in [1.54, 1.807) is 7.11 Å². The number of para-hydroxylation sites is 2. The molecule has 1 aliphatic carbocycles. The molecule has 1 aromatic carbocycles. The van der Waals surface area contributed by atoms with Crippen molar-refractivity contribution in [2.45, 2.75) is 32.1 Å². The first-order valence-corrected chi connectivity index (χ1v) is 9.51. The van der Waals surface area contributed by atoms with E-state index in [0.29, 0.717) is 0 Å². The van der Waals surface area contributed by atoms with E-state index in [4.69, 9.17) is 9.72 Å². The first kappa shape index (κ1) is 16.9. The molecule has 0 spiro atoms. The number of aromatic amines is 1. The number of anilines is 2. The molecule has 4 rings (SSSR count). The van der Waals surface area contributed by atoms with Crippen molar-refractivity contribution >= 4 is 11.6 Å². The standard InChI is InChI=1S/C20H26N4O2/c1-26-18-10-5-4-9-17(18)23-11-6-12-24(14-13-23)20-21-16-8-3-2-7-15(16)19(25)22-20/h4-5,9-10H,2-3,6-8,11-14H2,1H3,(H,21,22,25). The molecule has 1 aromatic heterocycles. The van der Waals surface area contributed by atoms with Gasteiger partial charge >= 0.3 is 0 Å². The smallest absolute Gasteiger partial charge is 0.255 e. The third-order valence-corrected chi connectivity index (χ3v) is 5.40. The minimum Gasteiger partial charge on any atom is -0.495 e. The minimum absolute atomic E-state index is 0.0514. The van der Waals surface area contributed by atoms with Crippen LogP contribution in [0.4, 0.5) is 11.6 Å². The van der Waals surface area contributed by atoms with E-state index in [-0.39, 0.29) is 5.56 Å². The zero-order chi connectivity index (χ0) is 17.9. The fraction of sp³-hybridized carbons (Fsp3) is 0.500. The SMILES string of the molecule is COc1ccccc1N1CCCN(c2nc3c(c(=O)[nH]2)CCCC3)CC1. The van der Waals surface area contributed by atoms with Gasteiger partial charge in [0.15, 0.2) is 0 Å². The van der Waals surface area contributed by atoms with E-state index in [2.05, 4.69) is 20.9 Å². The summed E-state index contributed by atoms with van der Waals surface area (Å²) in [6.07, 6.45) is 5.02. The van der Waals surface area contributed by atoms with Gasteiger partial charge < -0.3 is 14.5 Å². The molecule has 26 heavy (non-hydrogen) atoms. The van der Waals surface area contributed by atoms with Crippen LogP contribution in [0, 0.1) is 0 Å². The highest BCUT2D eigenvalue weighted by Gasteiger charge is 2.21. The molecule has 0 unspecified atom stereocenters. The highest BCUT2D eigenvalue weighted by molar-refractivity contribution is 5.58. The molecule has 0 radical (unpaired) electrons.